The molecular weight excluding hydrogens is 268 g/mol. The Hall–Kier alpha value is -2.15. The second kappa shape index (κ2) is 4.51. The van der Waals surface area contributed by atoms with Gasteiger partial charge in [-0.2, -0.15) is 5.10 Å². The molecule has 0 aliphatic rings. The lowest BCUT2D eigenvalue weighted by molar-refractivity contribution is 0.0690. The van der Waals surface area contributed by atoms with Gasteiger partial charge in [0.2, 0.25) is 0 Å². The van der Waals surface area contributed by atoms with E-state index in [-0.39, 0.29) is 10.6 Å². The number of carbonyl (C=O) groups is 1. The average Bonchev–Trinajstić information content (AvgIpc) is 2.76. The van der Waals surface area contributed by atoms with Gasteiger partial charge in [-0.3, -0.25) is 5.10 Å². The van der Waals surface area contributed by atoms with E-state index in [4.69, 9.17) is 5.11 Å². The van der Waals surface area contributed by atoms with Crippen molar-refractivity contribution in [3.8, 4) is 11.3 Å². The van der Waals surface area contributed by atoms with Gasteiger partial charge >= 0.3 is 5.97 Å². The second-order valence-electron chi connectivity index (χ2n) is 4.22. The fraction of sp³-hybridized carbons (Fsp3) is 0.167. The maximum Gasteiger partial charge on any atom is 0.353 e. The van der Waals surface area contributed by atoms with Crippen molar-refractivity contribution in [3.63, 3.8) is 0 Å². The molecule has 100 valence electrons. The zero-order chi connectivity index (χ0) is 14.2. The van der Waals surface area contributed by atoms with E-state index in [1.807, 2.05) is 0 Å². The Morgan fingerprint density at radius 2 is 2.00 bits per heavy atom. The molecule has 0 atom stereocenters. The summed E-state index contributed by atoms with van der Waals surface area (Å²) in [5.74, 6) is -1.09. The number of benzene rings is 1. The van der Waals surface area contributed by atoms with E-state index in [1.165, 1.54) is 12.1 Å². The standard InChI is InChI=1S/C12H12N2O4S/c1-7-5-8(3-4-11(7)19(2,17)18)9-6-10(12(15)16)14-13-9/h3-6H,1-2H3,(H,13,14)(H,15,16). The molecule has 19 heavy (non-hydrogen) atoms. The zero-order valence-corrected chi connectivity index (χ0v) is 11.2. The van der Waals surface area contributed by atoms with Gasteiger partial charge in [0.1, 0.15) is 5.69 Å². The number of hydrogen-bond acceptors (Lipinski definition) is 4. The first-order chi connectivity index (χ1) is 8.79. The van der Waals surface area contributed by atoms with Crippen molar-refractivity contribution in [1.82, 2.24) is 10.2 Å². The summed E-state index contributed by atoms with van der Waals surface area (Å²) >= 11 is 0. The van der Waals surface area contributed by atoms with Crippen LogP contribution in [0, 0.1) is 6.92 Å². The molecule has 1 heterocycles. The van der Waals surface area contributed by atoms with Gasteiger partial charge in [-0.1, -0.05) is 6.07 Å². The van der Waals surface area contributed by atoms with Gasteiger partial charge in [0.05, 0.1) is 10.6 Å². The Kier molecular flexibility index (Phi) is 3.15. The van der Waals surface area contributed by atoms with Crippen LogP contribution in [0.1, 0.15) is 16.1 Å². The highest BCUT2D eigenvalue weighted by molar-refractivity contribution is 7.90. The van der Waals surface area contributed by atoms with Gasteiger partial charge in [0.25, 0.3) is 0 Å². The predicted octanol–water partition coefficient (Wildman–Crippen LogP) is 1.49. The summed E-state index contributed by atoms with van der Waals surface area (Å²) in [4.78, 5) is 11.0. The number of carboxylic acids is 1. The molecule has 7 heteroatoms. The van der Waals surface area contributed by atoms with Gasteiger partial charge in [0.15, 0.2) is 9.84 Å². The molecular formula is C12H12N2O4S. The Labute approximate surface area is 110 Å². The Morgan fingerprint density at radius 1 is 1.32 bits per heavy atom. The van der Waals surface area contributed by atoms with E-state index in [0.29, 0.717) is 16.8 Å². The maximum atomic E-state index is 11.5. The lowest BCUT2D eigenvalue weighted by Crippen LogP contribution is -1.99. The van der Waals surface area contributed by atoms with E-state index in [0.717, 1.165) is 6.26 Å². The minimum absolute atomic E-state index is 0.0140. The number of aryl methyl sites for hydroxylation is 1. The molecule has 0 spiro atoms. The fourth-order valence-electron chi connectivity index (χ4n) is 1.80. The Balaban J connectivity index is 2.47. The minimum atomic E-state index is -3.26. The first kappa shape index (κ1) is 13.3. The van der Waals surface area contributed by atoms with Crippen molar-refractivity contribution in [2.24, 2.45) is 0 Å². The van der Waals surface area contributed by atoms with E-state index in [1.54, 1.807) is 19.1 Å². The highest BCUT2D eigenvalue weighted by Gasteiger charge is 2.13. The van der Waals surface area contributed by atoms with Crippen molar-refractivity contribution >= 4 is 15.8 Å². The topological polar surface area (TPSA) is 100 Å². The fourth-order valence-corrected chi connectivity index (χ4v) is 2.76. The minimum Gasteiger partial charge on any atom is -0.477 e. The van der Waals surface area contributed by atoms with Crippen molar-refractivity contribution in [2.75, 3.05) is 6.26 Å². The second-order valence-corrected chi connectivity index (χ2v) is 6.21. The maximum absolute atomic E-state index is 11.5. The molecule has 0 unspecified atom stereocenters. The van der Waals surface area contributed by atoms with Crippen LogP contribution in [-0.2, 0) is 9.84 Å². The zero-order valence-electron chi connectivity index (χ0n) is 10.3. The third-order valence-electron chi connectivity index (χ3n) is 2.68. The van der Waals surface area contributed by atoms with Gasteiger partial charge < -0.3 is 5.11 Å². The number of carboxylic acid groups (broad SMARTS) is 1. The van der Waals surface area contributed by atoms with Gasteiger partial charge in [-0.25, -0.2) is 13.2 Å². The molecule has 2 rings (SSSR count). The normalized spacial score (nSPS) is 11.5. The third kappa shape index (κ3) is 2.65. The molecule has 0 fully saturated rings. The van der Waals surface area contributed by atoms with E-state index >= 15 is 0 Å². The first-order valence-corrected chi connectivity index (χ1v) is 7.28. The van der Waals surface area contributed by atoms with Crippen LogP contribution in [0.5, 0.6) is 0 Å². The van der Waals surface area contributed by atoms with Crippen LogP contribution in [0.4, 0.5) is 0 Å². The summed E-state index contributed by atoms with van der Waals surface area (Å²) in [6.07, 6.45) is 1.14. The lowest BCUT2D eigenvalue weighted by Gasteiger charge is -2.05. The van der Waals surface area contributed by atoms with Crippen LogP contribution in [0.3, 0.4) is 0 Å². The average molecular weight is 280 g/mol. The van der Waals surface area contributed by atoms with Crippen molar-refractivity contribution < 1.29 is 18.3 Å². The summed E-state index contributed by atoms with van der Waals surface area (Å²) in [6, 6.07) is 6.16. The number of aromatic carboxylic acids is 1. The van der Waals surface area contributed by atoms with Crippen LogP contribution < -0.4 is 0 Å². The van der Waals surface area contributed by atoms with Crippen LogP contribution in [0.2, 0.25) is 0 Å². The highest BCUT2D eigenvalue weighted by atomic mass is 32.2. The SMILES string of the molecule is Cc1cc(-c2cc(C(=O)O)[nH]n2)ccc1S(C)(=O)=O. The number of aromatic nitrogens is 2. The van der Waals surface area contributed by atoms with Crippen molar-refractivity contribution in [1.29, 1.82) is 0 Å². The molecule has 2 N–H and O–H groups in total. The van der Waals surface area contributed by atoms with Gasteiger partial charge in [-0.05, 0) is 30.7 Å². The van der Waals surface area contributed by atoms with Crippen molar-refractivity contribution in [3.05, 3.63) is 35.5 Å². The molecule has 0 saturated heterocycles. The molecule has 6 nitrogen and oxygen atoms in total. The number of sulfone groups is 1. The van der Waals surface area contributed by atoms with E-state index in [9.17, 15) is 13.2 Å². The smallest absolute Gasteiger partial charge is 0.353 e. The monoisotopic (exact) mass is 280 g/mol. The van der Waals surface area contributed by atoms with Gasteiger partial charge in [0, 0.05) is 11.8 Å². The van der Waals surface area contributed by atoms with Crippen LogP contribution in [0.15, 0.2) is 29.2 Å². The molecule has 0 saturated carbocycles. The lowest BCUT2D eigenvalue weighted by atomic mass is 10.1. The Morgan fingerprint density at radius 3 is 2.47 bits per heavy atom. The molecule has 0 radical (unpaired) electrons. The molecule has 0 aliphatic carbocycles. The number of aromatic amines is 1. The predicted molar refractivity (Wildman–Crippen MR) is 68.8 cm³/mol. The molecule has 1 aromatic heterocycles. The molecule has 1 aromatic carbocycles. The van der Waals surface area contributed by atoms with Crippen LogP contribution >= 0.6 is 0 Å². The number of H-pyrrole nitrogens is 1. The number of rotatable bonds is 3. The quantitative estimate of drug-likeness (QED) is 0.887. The summed E-state index contributed by atoms with van der Waals surface area (Å²) in [5.41, 5.74) is 1.70. The van der Waals surface area contributed by atoms with E-state index < -0.39 is 15.8 Å². The van der Waals surface area contributed by atoms with E-state index in [2.05, 4.69) is 10.2 Å². The summed E-state index contributed by atoms with van der Waals surface area (Å²) in [7, 11) is -3.26. The summed E-state index contributed by atoms with van der Waals surface area (Å²) in [5, 5.41) is 15.1. The van der Waals surface area contributed by atoms with Gasteiger partial charge in [-0.15, -0.1) is 0 Å². The Bertz CT molecular complexity index is 747. The number of nitrogens with one attached hydrogen (secondary N) is 1. The molecule has 0 amide bonds. The summed E-state index contributed by atoms with van der Waals surface area (Å²) in [6.45, 7) is 1.69. The highest BCUT2D eigenvalue weighted by Crippen LogP contribution is 2.23. The number of nitrogens with zero attached hydrogens (tertiary/aromatic N) is 1. The molecule has 0 bridgehead atoms. The van der Waals surface area contributed by atoms with Crippen LogP contribution in [0.25, 0.3) is 11.3 Å². The molecule has 0 aliphatic heterocycles. The summed E-state index contributed by atoms with van der Waals surface area (Å²) < 4.78 is 23.0. The number of hydrogen-bond donors (Lipinski definition) is 2. The van der Waals surface area contributed by atoms with Crippen molar-refractivity contribution in [2.45, 2.75) is 11.8 Å². The third-order valence-corrected chi connectivity index (χ3v) is 3.94. The first-order valence-electron chi connectivity index (χ1n) is 5.39. The molecule has 2 aromatic rings. The largest absolute Gasteiger partial charge is 0.477 e. The van der Waals surface area contributed by atoms with Crippen LogP contribution in [-0.4, -0.2) is 35.9 Å².